The molecule has 1 heterocycles. The van der Waals surface area contributed by atoms with E-state index in [1.165, 1.54) is 17.0 Å². The average molecular weight is 330 g/mol. The van der Waals surface area contributed by atoms with E-state index in [9.17, 15) is 14.0 Å². The molecule has 2 rings (SSSR count). The van der Waals surface area contributed by atoms with Crippen molar-refractivity contribution in [2.75, 3.05) is 18.1 Å². The van der Waals surface area contributed by atoms with E-state index in [1.807, 2.05) is 0 Å². The van der Waals surface area contributed by atoms with Crippen molar-refractivity contribution in [1.82, 2.24) is 0 Å². The second kappa shape index (κ2) is 5.69. The molecule has 0 radical (unpaired) electrons. The molecular weight excluding hydrogens is 317 g/mol. The fraction of sp³-hybridized carbons (Fsp3) is 0.385. The molecule has 6 heteroatoms. The van der Waals surface area contributed by atoms with E-state index in [1.54, 1.807) is 13.0 Å². The van der Waals surface area contributed by atoms with Crippen molar-refractivity contribution in [2.24, 2.45) is 5.92 Å². The number of amides is 1. The predicted octanol–water partition coefficient (Wildman–Crippen LogP) is 2.50. The molecule has 0 N–H and O–H groups in total. The lowest BCUT2D eigenvalue weighted by Gasteiger charge is -2.17. The van der Waals surface area contributed by atoms with Crippen LogP contribution in [0.1, 0.15) is 13.3 Å². The molecule has 1 fully saturated rings. The summed E-state index contributed by atoms with van der Waals surface area (Å²) in [5, 5.41) is 0. The zero-order valence-corrected chi connectivity index (χ0v) is 11.9. The van der Waals surface area contributed by atoms with Gasteiger partial charge in [0.15, 0.2) is 0 Å². The van der Waals surface area contributed by atoms with Crippen molar-refractivity contribution in [2.45, 2.75) is 13.3 Å². The first-order valence-electron chi connectivity index (χ1n) is 5.95. The molecule has 4 nitrogen and oxygen atoms in total. The topological polar surface area (TPSA) is 46.6 Å². The fourth-order valence-electron chi connectivity index (χ4n) is 2.06. The molecule has 1 aromatic rings. The van der Waals surface area contributed by atoms with Crippen molar-refractivity contribution in [3.05, 3.63) is 28.5 Å². The number of nitrogens with zero attached hydrogens (tertiary/aromatic N) is 1. The van der Waals surface area contributed by atoms with Gasteiger partial charge in [-0.25, -0.2) is 4.39 Å². The zero-order valence-electron chi connectivity index (χ0n) is 10.4. The molecule has 1 aliphatic rings. The molecule has 0 bridgehead atoms. The van der Waals surface area contributed by atoms with Gasteiger partial charge in [0.05, 0.1) is 18.2 Å². The van der Waals surface area contributed by atoms with Crippen LogP contribution in [-0.2, 0) is 14.3 Å². The van der Waals surface area contributed by atoms with E-state index < -0.39 is 17.7 Å². The molecule has 0 unspecified atom stereocenters. The van der Waals surface area contributed by atoms with Gasteiger partial charge in [0.25, 0.3) is 0 Å². The quantitative estimate of drug-likeness (QED) is 0.800. The van der Waals surface area contributed by atoms with E-state index in [2.05, 4.69) is 15.9 Å². The molecule has 0 aromatic heterocycles. The van der Waals surface area contributed by atoms with Crippen LogP contribution >= 0.6 is 15.9 Å². The van der Waals surface area contributed by atoms with Crippen LogP contribution < -0.4 is 4.90 Å². The zero-order chi connectivity index (χ0) is 14.0. The van der Waals surface area contributed by atoms with Gasteiger partial charge < -0.3 is 9.64 Å². The van der Waals surface area contributed by atoms with Crippen molar-refractivity contribution < 1.29 is 18.7 Å². The van der Waals surface area contributed by atoms with E-state index in [-0.39, 0.29) is 31.2 Å². The average Bonchev–Trinajstić information content (AvgIpc) is 2.72. The third-order valence-electron chi connectivity index (χ3n) is 2.95. The Hall–Kier alpha value is -1.43. The number of carbonyl (C=O) groups is 2. The van der Waals surface area contributed by atoms with Crippen LogP contribution in [0.25, 0.3) is 0 Å². The number of hydrogen-bond donors (Lipinski definition) is 0. The second-order valence-electron chi connectivity index (χ2n) is 4.25. The highest BCUT2D eigenvalue weighted by molar-refractivity contribution is 9.10. The summed E-state index contributed by atoms with van der Waals surface area (Å²) in [4.78, 5) is 24.8. The highest BCUT2D eigenvalue weighted by atomic mass is 79.9. The first-order valence-corrected chi connectivity index (χ1v) is 6.74. The number of hydrogen-bond acceptors (Lipinski definition) is 3. The lowest BCUT2D eigenvalue weighted by atomic mass is 10.1. The molecule has 0 saturated carbocycles. The van der Waals surface area contributed by atoms with Crippen LogP contribution in [0.5, 0.6) is 0 Å². The third kappa shape index (κ3) is 2.94. The summed E-state index contributed by atoms with van der Waals surface area (Å²) in [6.07, 6.45) is 0.0638. The number of carbonyl (C=O) groups excluding carboxylic acids is 2. The monoisotopic (exact) mass is 329 g/mol. The number of anilines is 1. The summed E-state index contributed by atoms with van der Waals surface area (Å²) < 4.78 is 19.3. The standard InChI is InChI=1S/C13H13BrFNO3/c1-2-19-13(18)8-5-12(17)16(7-8)11-4-3-9(14)6-10(11)15/h3-4,6,8H,2,5,7H2,1H3/t8-/m1/s1. The smallest absolute Gasteiger partial charge is 0.311 e. The summed E-state index contributed by atoms with van der Waals surface area (Å²) >= 11 is 3.16. The Morgan fingerprint density at radius 3 is 2.95 bits per heavy atom. The molecule has 1 amide bonds. The van der Waals surface area contributed by atoms with Gasteiger partial charge in [-0.1, -0.05) is 15.9 Å². The minimum Gasteiger partial charge on any atom is -0.466 e. The van der Waals surface area contributed by atoms with E-state index in [4.69, 9.17) is 4.74 Å². The lowest BCUT2D eigenvalue weighted by Crippen LogP contribution is -2.27. The van der Waals surface area contributed by atoms with E-state index in [0.29, 0.717) is 4.47 Å². The first-order chi connectivity index (χ1) is 9.02. The molecule has 1 atom stereocenters. The first kappa shape index (κ1) is 14.0. The summed E-state index contributed by atoms with van der Waals surface area (Å²) in [7, 11) is 0. The predicted molar refractivity (Wildman–Crippen MR) is 71.2 cm³/mol. The number of halogens is 2. The Morgan fingerprint density at radius 2 is 2.32 bits per heavy atom. The van der Waals surface area contributed by atoms with Crippen LogP contribution in [0.4, 0.5) is 10.1 Å². The van der Waals surface area contributed by atoms with Gasteiger partial charge in [0, 0.05) is 17.4 Å². The molecule has 0 spiro atoms. The summed E-state index contributed by atoms with van der Waals surface area (Å²) in [5.74, 6) is -1.68. The summed E-state index contributed by atoms with van der Waals surface area (Å²) in [6.45, 7) is 2.15. The maximum atomic E-state index is 13.8. The molecule has 1 aromatic carbocycles. The van der Waals surface area contributed by atoms with Crippen LogP contribution in [0.2, 0.25) is 0 Å². The minimum absolute atomic E-state index is 0.0638. The van der Waals surface area contributed by atoms with Crippen LogP contribution in [0.15, 0.2) is 22.7 Å². The molecule has 0 aliphatic carbocycles. The maximum absolute atomic E-state index is 13.8. The Kier molecular flexibility index (Phi) is 4.19. The fourth-order valence-corrected chi connectivity index (χ4v) is 2.39. The normalized spacial score (nSPS) is 18.8. The molecule has 1 aliphatic heterocycles. The Bertz CT molecular complexity index is 521. The van der Waals surface area contributed by atoms with Crippen LogP contribution in [0.3, 0.4) is 0 Å². The van der Waals surface area contributed by atoms with E-state index in [0.717, 1.165) is 0 Å². The van der Waals surface area contributed by atoms with Crippen molar-refractivity contribution in [1.29, 1.82) is 0 Å². The number of esters is 1. The molecular formula is C13H13BrFNO3. The van der Waals surface area contributed by atoms with Crippen LogP contribution in [-0.4, -0.2) is 25.0 Å². The molecule has 1 saturated heterocycles. The lowest BCUT2D eigenvalue weighted by molar-refractivity contribution is -0.147. The number of benzene rings is 1. The third-order valence-corrected chi connectivity index (χ3v) is 3.44. The largest absolute Gasteiger partial charge is 0.466 e. The van der Waals surface area contributed by atoms with Gasteiger partial charge in [-0.15, -0.1) is 0 Å². The van der Waals surface area contributed by atoms with Gasteiger partial charge in [-0.3, -0.25) is 9.59 Å². The maximum Gasteiger partial charge on any atom is 0.311 e. The highest BCUT2D eigenvalue weighted by Crippen LogP contribution is 2.29. The Labute approximate surface area is 118 Å². The van der Waals surface area contributed by atoms with Crippen molar-refractivity contribution >= 4 is 33.5 Å². The summed E-state index contributed by atoms with van der Waals surface area (Å²) in [5.41, 5.74) is 0.194. The van der Waals surface area contributed by atoms with Gasteiger partial charge in [0.1, 0.15) is 5.82 Å². The van der Waals surface area contributed by atoms with Crippen LogP contribution in [0, 0.1) is 11.7 Å². The molecule has 19 heavy (non-hydrogen) atoms. The minimum atomic E-state index is -0.518. The second-order valence-corrected chi connectivity index (χ2v) is 5.17. The van der Waals surface area contributed by atoms with Crippen molar-refractivity contribution in [3.8, 4) is 0 Å². The number of ether oxygens (including phenoxy) is 1. The highest BCUT2D eigenvalue weighted by Gasteiger charge is 2.36. The summed E-state index contributed by atoms with van der Waals surface area (Å²) in [6, 6.07) is 4.47. The van der Waals surface area contributed by atoms with Gasteiger partial charge in [0.2, 0.25) is 5.91 Å². The van der Waals surface area contributed by atoms with E-state index >= 15 is 0 Å². The number of rotatable bonds is 3. The van der Waals surface area contributed by atoms with Gasteiger partial charge >= 0.3 is 5.97 Å². The van der Waals surface area contributed by atoms with Gasteiger partial charge in [-0.05, 0) is 25.1 Å². The van der Waals surface area contributed by atoms with Crippen molar-refractivity contribution in [3.63, 3.8) is 0 Å². The Morgan fingerprint density at radius 1 is 1.58 bits per heavy atom. The Balaban J connectivity index is 2.18. The SMILES string of the molecule is CCOC(=O)[C@@H]1CC(=O)N(c2ccc(Br)cc2F)C1. The molecule has 102 valence electrons. The van der Waals surface area contributed by atoms with Gasteiger partial charge in [-0.2, -0.15) is 0 Å².